The van der Waals surface area contributed by atoms with Crippen LogP contribution in [-0.4, -0.2) is 21.8 Å². The number of pyridine rings is 2. The number of aromatic nitrogens is 2. The van der Waals surface area contributed by atoms with Gasteiger partial charge in [-0.15, -0.1) is 0 Å². The van der Waals surface area contributed by atoms with E-state index in [0.29, 0.717) is 17.2 Å². The molecule has 0 unspecified atom stereocenters. The predicted molar refractivity (Wildman–Crippen MR) is 118 cm³/mol. The van der Waals surface area contributed by atoms with Gasteiger partial charge in [0.1, 0.15) is 11.5 Å². The number of hydrogen-bond donors (Lipinski definition) is 3. The Morgan fingerprint density at radius 2 is 1.53 bits per heavy atom. The molecule has 4 rings (SSSR count). The van der Waals surface area contributed by atoms with Crippen LogP contribution in [0.4, 0.5) is 22.9 Å². The Hall–Kier alpha value is -4.26. The second kappa shape index (κ2) is 8.40. The largest absolute Gasteiger partial charge is 0.340 e. The fourth-order valence-electron chi connectivity index (χ4n) is 2.97. The lowest BCUT2D eigenvalue weighted by Crippen LogP contribution is -2.14. The summed E-state index contributed by atoms with van der Waals surface area (Å²) >= 11 is 0. The molecule has 3 N–H and O–H groups in total. The van der Waals surface area contributed by atoms with Gasteiger partial charge in [0.25, 0.3) is 5.91 Å². The molecule has 7 heteroatoms. The van der Waals surface area contributed by atoms with E-state index in [1.807, 2.05) is 30.3 Å². The number of rotatable bonds is 5. The van der Waals surface area contributed by atoms with Gasteiger partial charge in [0.2, 0.25) is 5.91 Å². The zero-order valence-corrected chi connectivity index (χ0v) is 16.2. The molecule has 0 aliphatic rings. The first-order valence-corrected chi connectivity index (χ1v) is 9.35. The van der Waals surface area contributed by atoms with Crippen molar-refractivity contribution in [1.29, 1.82) is 0 Å². The van der Waals surface area contributed by atoms with Gasteiger partial charge in [0, 0.05) is 35.6 Å². The number of carbonyl (C=O) groups excluding carboxylic acids is 2. The van der Waals surface area contributed by atoms with Gasteiger partial charge in [0.05, 0.1) is 5.52 Å². The molecule has 148 valence electrons. The van der Waals surface area contributed by atoms with Gasteiger partial charge in [-0.3, -0.25) is 14.6 Å². The third kappa shape index (κ3) is 4.59. The molecule has 0 atom stereocenters. The normalized spacial score (nSPS) is 10.4. The summed E-state index contributed by atoms with van der Waals surface area (Å²) in [7, 11) is 0. The van der Waals surface area contributed by atoms with E-state index in [2.05, 4.69) is 25.9 Å². The average Bonchev–Trinajstić information content (AvgIpc) is 2.75. The Kier molecular flexibility index (Phi) is 5.34. The Bertz CT molecular complexity index is 1220. The van der Waals surface area contributed by atoms with E-state index in [4.69, 9.17) is 0 Å². The van der Waals surface area contributed by atoms with Crippen LogP contribution in [0.2, 0.25) is 0 Å². The zero-order valence-electron chi connectivity index (χ0n) is 16.2. The number of nitrogens with one attached hydrogen (secondary N) is 3. The maximum absolute atomic E-state index is 12.6. The molecule has 0 spiro atoms. The summed E-state index contributed by atoms with van der Waals surface area (Å²) in [6, 6.07) is 21.8. The molecule has 2 aromatic carbocycles. The summed E-state index contributed by atoms with van der Waals surface area (Å²) < 4.78 is 0. The number of hydrogen-bond acceptors (Lipinski definition) is 5. The first-order chi connectivity index (χ1) is 14.6. The quantitative estimate of drug-likeness (QED) is 0.458. The molecule has 4 aromatic rings. The highest BCUT2D eigenvalue weighted by atomic mass is 16.2. The van der Waals surface area contributed by atoms with E-state index in [1.165, 1.54) is 6.92 Å². The maximum atomic E-state index is 12.6. The van der Waals surface area contributed by atoms with Gasteiger partial charge in [-0.05, 0) is 60.7 Å². The van der Waals surface area contributed by atoms with Gasteiger partial charge in [-0.1, -0.05) is 12.1 Å². The fraction of sp³-hybridized carbons (Fsp3) is 0.0435. The van der Waals surface area contributed by atoms with Gasteiger partial charge in [-0.2, -0.15) is 0 Å². The Morgan fingerprint density at radius 3 is 2.30 bits per heavy atom. The van der Waals surface area contributed by atoms with Crippen molar-refractivity contribution < 1.29 is 9.59 Å². The Balaban J connectivity index is 1.46. The molecule has 0 aliphatic carbocycles. The van der Waals surface area contributed by atoms with E-state index in [-0.39, 0.29) is 17.5 Å². The number of fused-ring (bicyclic) bond motifs is 1. The second-order valence-corrected chi connectivity index (χ2v) is 6.66. The SMILES string of the molecule is CC(=O)Nc1ccc(NC(=O)c2cccc(Nc3ccc4ncccc4c3)n2)cc1. The van der Waals surface area contributed by atoms with Crippen LogP contribution in [0, 0.1) is 0 Å². The lowest BCUT2D eigenvalue weighted by molar-refractivity contribution is -0.114. The lowest BCUT2D eigenvalue weighted by Gasteiger charge is -2.09. The molecular weight excluding hydrogens is 378 g/mol. The standard InChI is InChI=1S/C23H19N5O2/c1-15(29)25-17-7-9-18(10-8-17)27-23(30)21-5-2-6-22(28-21)26-19-11-12-20-16(14-19)4-3-13-24-20/h2-14H,1H3,(H,25,29)(H,26,28)(H,27,30). The van der Waals surface area contributed by atoms with E-state index in [1.54, 1.807) is 48.7 Å². The zero-order chi connectivity index (χ0) is 20.9. The number of nitrogens with zero attached hydrogens (tertiary/aromatic N) is 2. The predicted octanol–water partition coefficient (Wildman–Crippen LogP) is 4.58. The van der Waals surface area contributed by atoms with Crippen molar-refractivity contribution in [1.82, 2.24) is 9.97 Å². The number of benzene rings is 2. The second-order valence-electron chi connectivity index (χ2n) is 6.66. The molecule has 7 nitrogen and oxygen atoms in total. The van der Waals surface area contributed by atoms with Crippen molar-refractivity contribution in [3.8, 4) is 0 Å². The first kappa shape index (κ1) is 19.1. The smallest absolute Gasteiger partial charge is 0.274 e. The summed E-state index contributed by atoms with van der Waals surface area (Å²) in [5.41, 5.74) is 3.32. The number of anilines is 4. The molecule has 0 fully saturated rings. The molecule has 0 saturated carbocycles. The maximum Gasteiger partial charge on any atom is 0.274 e. The average molecular weight is 397 g/mol. The fourth-order valence-corrected chi connectivity index (χ4v) is 2.97. The van der Waals surface area contributed by atoms with Gasteiger partial charge >= 0.3 is 0 Å². The summed E-state index contributed by atoms with van der Waals surface area (Å²) in [4.78, 5) is 32.4. The molecule has 2 amide bonds. The summed E-state index contributed by atoms with van der Waals surface area (Å²) in [6.45, 7) is 1.44. The third-order valence-corrected chi connectivity index (χ3v) is 4.32. The third-order valence-electron chi connectivity index (χ3n) is 4.32. The highest BCUT2D eigenvalue weighted by Crippen LogP contribution is 2.21. The molecule has 0 radical (unpaired) electrons. The van der Waals surface area contributed by atoms with E-state index >= 15 is 0 Å². The summed E-state index contributed by atoms with van der Waals surface area (Å²) in [5, 5.41) is 9.72. The van der Waals surface area contributed by atoms with Crippen molar-refractivity contribution in [2.75, 3.05) is 16.0 Å². The first-order valence-electron chi connectivity index (χ1n) is 9.35. The molecule has 2 heterocycles. The molecular formula is C23H19N5O2. The van der Waals surface area contributed by atoms with Crippen molar-refractivity contribution in [3.05, 3.63) is 84.7 Å². The number of amides is 2. The van der Waals surface area contributed by atoms with Crippen molar-refractivity contribution in [2.24, 2.45) is 0 Å². The van der Waals surface area contributed by atoms with Crippen molar-refractivity contribution >= 4 is 45.6 Å². The molecule has 0 saturated heterocycles. The summed E-state index contributed by atoms with van der Waals surface area (Å²) in [6.07, 6.45) is 1.76. The monoisotopic (exact) mass is 397 g/mol. The molecule has 30 heavy (non-hydrogen) atoms. The minimum atomic E-state index is -0.325. The van der Waals surface area contributed by atoms with Gasteiger partial charge in [-0.25, -0.2) is 4.98 Å². The van der Waals surface area contributed by atoms with Crippen LogP contribution in [0.5, 0.6) is 0 Å². The van der Waals surface area contributed by atoms with Crippen LogP contribution in [0.1, 0.15) is 17.4 Å². The summed E-state index contributed by atoms with van der Waals surface area (Å²) in [5.74, 6) is 0.0866. The van der Waals surface area contributed by atoms with Crippen molar-refractivity contribution in [2.45, 2.75) is 6.92 Å². The van der Waals surface area contributed by atoms with Crippen LogP contribution in [0.3, 0.4) is 0 Å². The molecule has 0 bridgehead atoms. The van der Waals surface area contributed by atoms with Crippen LogP contribution in [-0.2, 0) is 4.79 Å². The van der Waals surface area contributed by atoms with Crippen LogP contribution >= 0.6 is 0 Å². The van der Waals surface area contributed by atoms with Gasteiger partial charge < -0.3 is 16.0 Å². The topological polar surface area (TPSA) is 96.0 Å². The highest BCUT2D eigenvalue weighted by molar-refractivity contribution is 6.03. The van der Waals surface area contributed by atoms with Gasteiger partial charge in [0.15, 0.2) is 0 Å². The van der Waals surface area contributed by atoms with Crippen LogP contribution in [0.25, 0.3) is 10.9 Å². The van der Waals surface area contributed by atoms with Crippen LogP contribution in [0.15, 0.2) is 79.0 Å². The van der Waals surface area contributed by atoms with Crippen molar-refractivity contribution in [3.63, 3.8) is 0 Å². The molecule has 0 aliphatic heterocycles. The minimum absolute atomic E-state index is 0.150. The minimum Gasteiger partial charge on any atom is -0.340 e. The van der Waals surface area contributed by atoms with E-state index in [9.17, 15) is 9.59 Å². The Morgan fingerprint density at radius 1 is 0.800 bits per heavy atom. The Labute approximate surface area is 173 Å². The highest BCUT2D eigenvalue weighted by Gasteiger charge is 2.09. The number of carbonyl (C=O) groups is 2. The van der Waals surface area contributed by atoms with E-state index < -0.39 is 0 Å². The van der Waals surface area contributed by atoms with E-state index in [0.717, 1.165) is 16.6 Å². The molecule has 2 aromatic heterocycles. The lowest BCUT2D eigenvalue weighted by atomic mass is 10.2. The van der Waals surface area contributed by atoms with Crippen LogP contribution < -0.4 is 16.0 Å².